The minimum Gasteiger partial charge on any atom is -0.321 e. The standard InChI is InChI=1S/C25H24N.Ir/c1-24(2)20-15-9-8-14-19(20)23(18-12-6-5-7-13-18)26-25(3,4)22-17-11-10-16-21(22)24;/h5-12,14-17H,1-4H3;/q-1;. The van der Waals surface area contributed by atoms with Crippen molar-refractivity contribution in [3.8, 4) is 0 Å². The van der Waals surface area contributed by atoms with E-state index in [2.05, 4.69) is 94.4 Å². The van der Waals surface area contributed by atoms with Crippen LogP contribution in [-0.4, -0.2) is 5.71 Å². The van der Waals surface area contributed by atoms with Crippen LogP contribution in [0.4, 0.5) is 0 Å². The molecule has 0 spiro atoms. The summed E-state index contributed by atoms with van der Waals surface area (Å²) in [5.74, 6) is 0. The Morgan fingerprint density at radius 1 is 0.704 bits per heavy atom. The van der Waals surface area contributed by atoms with Crippen LogP contribution in [0.5, 0.6) is 0 Å². The molecule has 1 aliphatic heterocycles. The summed E-state index contributed by atoms with van der Waals surface area (Å²) in [5, 5.41) is 0. The fourth-order valence-electron chi connectivity index (χ4n) is 4.09. The van der Waals surface area contributed by atoms with Gasteiger partial charge in [0.05, 0.1) is 5.54 Å². The Hall–Kier alpha value is -2.02. The maximum atomic E-state index is 5.27. The summed E-state index contributed by atoms with van der Waals surface area (Å²) < 4.78 is 0. The minimum absolute atomic E-state index is 0. The second kappa shape index (κ2) is 7.19. The Morgan fingerprint density at radius 2 is 1.30 bits per heavy atom. The quantitative estimate of drug-likeness (QED) is 0.348. The van der Waals surface area contributed by atoms with E-state index in [1.165, 1.54) is 22.3 Å². The number of fused-ring (bicyclic) bond motifs is 2. The van der Waals surface area contributed by atoms with Gasteiger partial charge < -0.3 is 4.99 Å². The molecule has 1 radical (unpaired) electrons. The molecule has 3 aromatic carbocycles. The number of benzene rings is 3. The predicted octanol–water partition coefficient (Wildman–Crippen LogP) is 5.90. The van der Waals surface area contributed by atoms with Crippen LogP contribution in [0.25, 0.3) is 0 Å². The zero-order valence-electron chi connectivity index (χ0n) is 16.2. The van der Waals surface area contributed by atoms with E-state index < -0.39 is 0 Å². The Labute approximate surface area is 175 Å². The van der Waals surface area contributed by atoms with Crippen molar-refractivity contribution in [1.82, 2.24) is 0 Å². The third-order valence-corrected chi connectivity index (χ3v) is 5.47. The molecule has 1 heterocycles. The van der Waals surface area contributed by atoms with Crippen LogP contribution in [0.3, 0.4) is 0 Å². The van der Waals surface area contributed by atoms with Gasteiger partial charge >= 0.3 is 0 Å². The molecule has 1 aliphatic rings. The van der Waals surface area contributed by atoms with E-state index in [1.807, 2.05) is 12.1 Å². The maximum Gasteiger partial charge on any atom is 0.0704 e. The van der Waals surface area contributed by atoms with Crippen LogP contribution in [0, 0.1) is 6.07 Å². The number of hydrogen-bond donors (Lipinski definition) is 0. The molecule has 2 heteroatoms. The van der Waals surface area contributed by atoms with Gasteiger partial charge in [-0.3, -0.25) is 0 Å². The molecule has 3 aromatic rings. The van der Waals surface area contributed by atoms with E-state index in [9.17, 15) is 0 Å². The van der Waals surface area contributed by atoms with Crippen molar-refractivity contribution >= 4 is 5.71 Å². The van der Waals surface area contributed by atoms with Crippen molar-refractivity contribution < 1.29 is 20.1 Å². The number of hydrogen-bond acceptors (Lipinski definition) is 1. The largest absolute Gasteiger partial charge is 0.321 e. The van der Waals surface area contributed by atoms with Gasteiger partial charge in [-0.25, -0.2) is 0 Å². The van der Waals surface area contributed by atoms with Gasteiger partial charge in [-0.1, -0.05) is 62.4 Å². The number of nitrogens with zero attached hydrogens (tertiary/aromatic N) is 1. The third kappa shape index (κ3) is 3.33. The van der Waals surface area contributed by atoms with Gasteiger partial charge in [-0.2, -0.15) is 0 Å². The Morgan fingerprint density at radius 3 is 1.96 bits per heavy atom. The fraction of sp³-hybridized carbons (Fsp3) is 0.240. The van der Waals surface area contributed by atoms with Gasteiger partial charge in [0.15, 0.2) is 0 Å². The van der Waals surface area contributed by atoms with Crippen molar-refractivity contribution in [2.24, 2.45) is 4.99 Å². The summed E-state index contributed by atoms with van der Waals surface area (Å²) in [6.45, 7) is 9.05. The Balaban J connectivity index is 0.00000210. The summed E-state index contributed by atoms with van der Waals surface area (Å²) in [6, 6.07) is 28.9. The van der Waals surface area contributed by atoms with Gasteiger partial charge in [0, 0.05) is 25.5 Å². The molecule has 0 fully saturated rings. The zero-order chi connectivity index (χ0) is 18.4. The summed E-state index contributed by atoms with van der Waals surface area (Å²) in [6.07, 6.45) is 0. The van der Waals surface area contributed by atoms with E-state index in [-0.39, 0.29) is 31.1 Å². The van der Waals surface area contributed by atoms with Crippen molar-refractivity contribution in [2.45, 2.75) is 38.6 Å². The monoisotopic (exact) mass is 531 g/mol. The molecular weight excluding hydrogens is 506 g/mol. The van der Waals surface area contributed by atoms with Crippen LogP contribution in [0.1, 0.15) is 55.5 Å². The van der Waals surface area contributed by atoms with Gasteiger partial charge in [0.1, 0.15) is 0 Å². The van der Waals surface area contributed by atoms with Gasteiger partial charge in [-0.05, 0) is 41.8 Å². The van der Waals surface area contributed by atoms with Crippen molar-refractivity contribution in [3.05, 3.63) is 107 Å². The van der Waals surface area contributed by atoms with Crippen LogP contribution < -0.4 is 0 Å². The molecular formula is C25H24IrN-. The molecule has 4 rings (SSSR count). The third-order valence-electron chi connectivity index (χ3n) is 5.47. The molecule has 0 amide bonds. The second-order valence-electron chi connectivity index (χ2n) is 8.01. The molecule has 139 valence electrons. The number of aliphatic imine (C=N–C) groups is 1. The predicted molar refractivity (Wildman–Crippen MR) is 109 cm³/mol. The minimum atomic E-state index is -0.319. The van der Waals surface area contributed by atoms with Crippen molar-refractivity contribution in [2.75, 3.05) is 0 Å². The molecule has 0 aliphatic carbocycles. The number of rotatable bonds is 1. The van der Waals surface area contributed by atoms with Gasteiger partial charge in [0.2, 0.25) is 0 Å². The van der Waals surface area contributed by atoms with E-state index in [0.29, 0.717) is 0 Å². The SMILES string of the molecule is CC1(C)N=C(c2[c-]cccc2)c2ccccc2C(C)(C)c2ccccc21.[Ir]. The fourth-order valence-corrected chi connectivity index (χ4v) is 4.09. The molecule has 0 unspecified atom stereocenters. The summed E-state index contributed by atoms with van der Waals surface area (Å²) in [5.41, 5.74) is 6.77. The molecule has 0 aromatic heterocycles. The molecule has 0 saturated heterocycles. The topological polar surface area (TPSA) is 12.4 Å². The van der Waals surface area contributed by atoms with E-state index in [1.54, 1.807) is 0 Å². The van der Waals surface area contributed by atoms with E-state index >= 15 is 0 Å². The summed E-state index contributed by atoms with van der Waals surface area (Å²) in [4.78, 5) is 5.27. The van der Waals surface area contributed by atoms with E-state index in [4.69, 9.17) is 4.99 Å². The van der Waals surface area contributed by atoms with Gasteiger partial charge in [0.25, 0.3) is 0 Å². The average molecular weight is 531 g/mol. The first kappa shape index (κ1) is 19.7. The second-order valence-corrected chi connectivity index (χ2v) is 8.01. The van der Waals surface area contributed by atoms with Gasteiger partial charge in [-0.15, -0.1) is 35.9 Å². The Bertz CT molecular complexity index is 984. The van der Waals surface area contributed by atoms with E-state index in [0.717, 1.165) is 11.3 Å². The molecule has 0 bridgehead atoms. The molecule has 0 atom stereocenters. The molecule has 0 saturated carbocycles. The van der Waals surface area contributed by atoms with Crippen LogP contribution in [0.15, 0.2) is 77.8 Å². The average Bonchev–Trinajstić information content (AvgIpc) is 2.66. The first-order valence-electron chi connectivity index (χ1n) is 9.18. The molecule has 1 nitrogen and oxygen atoms in total. The first-order chi connectivity index (χ1) is 12.4. The van der Waals surface area contributed by atoms with Crippen molar-refractivity contribution in [1.29, 1.82) is 0 Å². The zero-order valence-corrected chi connectivity index (χ0v) is 18.6. The first-order valence-corrected chi connectivity index (χ1v) is 9.18. The molecule has 0 N–H and O–H groups in total. The summed E-state index contributed by atoms with van der Waals surface area (Å²) in [7, 11) is 0. The molecule has 27 heavy (non-hydrogen) atoms. The summed E-state index contributed by atoms with van der Waals surface area (Å²) >= 11 is 0. The van der Waals surface area contributed by atoms with Crippen LogP contribution in [-0.2, 0) is 31.1 Å². The smallest absolute Gasteiger partial charge is 0.0704 e. The Kier molecular flexibility index (Phi) is 5.25. The normalized spacial score (nSPS) is 16.7. The van der Waals surface area contributed by atoms with Crippen LogP contribution >= 0.6 is 0 Å². The maximum absolute atomic E-state index is 5.27. The van der Waals surface area contributed by atoms with Crippen LogP contribution in [0.2, 0.25) is 0 Å². The van der Waals surface area contributed by atoms with Crippen molar-refractivity contribution in [3.63, 3.8) is 0 Å².